The molecule has 0 aliphatic rings. The molecule has 0 amide bonds. The minimum absolute atomic E-state index is 0.168. The molecule has 0 aromatic heterocycles. The summed E-state index contributed by atoms with van der Waals surface area (Å²) in [7, 11) is 1.26. The molecule has 1 rings (SSSR count). The fourth-order valence-electron chi connectivity index (χ4n) is 1.48. The smallest absolute Gasteiger partial charge is 0.341 e. The van der Waals surface area contributed by atoms with E-state index in [1.54, 1.807) is 19.1 Å². The number of carbonyl (C=O) groups is 2. The van der Waals surface area contributed by atoms with Crippen LogP contribution in [0.2, 0.25) is 0 Å². The molecular formula is C14H18O5. The van der Waals surface area contributed by atoms with Crippen molar-refractivity contribution in [2.45, 2.75) is 26.6 Å². The molecule has 1 atom stereocenters. The first kappa shape index (κ1) is 15.2. The summed E-state index contributed by atoms with van der Waals surface area (Å²) < 4.78 is 15.0. The highest BCUT2D eigenvalue weighted by Crippen LogP contribution is 2.13. The largest absolute Gasteiger partial charge is 0.465 e. The molecule has 0 saturated heterocycles. The van der Waals surface area contributed by atoms with E-state index < -0.39 is 18.2 Å². The van der Waals surface area contributed by atoms with Gasteiger partial charge in [0.15, 0.2) is 6.29 Å². The Bertz CT molecular complexity index is 441. The van der Waals surface area contributed by atoms with E-state index in [0.717, 1.165) is 6.42 Å². The van der Waals surface area contributed by atoms with Gasteiger partial charge in [-0.2, -0.15) is 0 Å². The van der Waals surface area contributed by atoms with Crippen molar-refractivity contribution < 1.29 is 23.8 Å². The molecule has 0 bridgehead atoms. The van der Waals surface area contributed by atoms with Crippen molar-refractivity contribution >= 4 is 11.9 Å². The molecule has 5 nitrogen and oxygen atoms in total. The average molecular weight is 266 g/mol. The summed E-state index contributed by atoms with van der Waals surface area (Å²) >= 11 is 0. The van der Waals surface area contributed by atoms with Gasteiger partial charge in [0.2, 0.25) is 0 Å². The van der Waals surface area contributed by atoms with E-state index in [2.05, 4.69) is 4.74 Å². The predicted molar refractivity (Wildman–Crippen MR) is 68.9 cm³/mol. The zero-order valence-electron chi connectivity index (χ0n) is 11.3. The van der Waals surface area contributed by atoms with Gasteiger partial charge < -0.3 is 14.2 Å². The Balaban J connectivity index is 2.79. The van der Waals surface area contributed by atoms with E-state index in [4.69, 9.17) is 9.47 Å². The zero-order chi connectivity index (χ0) is 14.3. The van der Waals surface area contributed by atoms with Gasteiger partial charge in [0.1, 0.15) is 0 Å². The fraction of sp³-hybridized carbons (Fsp3) is 0.429. The number of hydrogen-bond donors (Lipinski definition) is 0. The summed E-state index contributed by atoms with van der Waals surface area (Å²) in [5.41, 5.74) is 0.346. The third-order valence-electron chi connectivity index (χ3n) is 2.38. The van der Waals surface area contributed by atoms with Crippen molar-refractivity contribution in [2.24, 2.45) is 0 Å². The summed E-state index contributed by atoms with van der Waals surface area (Å²) in [5, 5.41) is 0. The average Bonchev–Trinajstić information content (AvgIpc) is 2.44. The van der Waals surface area contributed by atoms with Crippen molar-refractivity contribution in [3.63, 3.8) is 0 Å². The van der Waals surface area contributed by atoms with Crippen molar-refractivity contribution in [1.29, 1.82) is 0 Å². The van der Waals surface area contributed by atoms with E-state index in [0.29, 0.717) is 6.61 Å². The molecular weight excluding hydrogens is 248 g/mol. The van der Waals surface area contributed by atoms with Crippen LogP contribution in [-0.4, -0.2) is 31.9 Å². The van der Waals surface area contributed by atoms with Gasteiger partial charge in [0.25, 0.3) is 0 Å². The molecule has 0 N–H and O–H groups in total. The number of rotatable bonds is 6. The first-order valence-corrected chi connectivity index (χ1v) is 6.10. The lowest BCUT2D eigenvalue weighted by atomic mass is 10.1. The van der Waals surface area contributed by atoms with Crippen LogP contribution in [0.5, 0.6) is 0 Å². The van der Waals surface area contributed by atoms with Crippen LogP contribution in [0, 0.1) is 0 Å². The lowest BCUT2D eigenvalue weighted by Crippen LogP contribution is -2.20. The van der Waals surface area contributed by atoms with Gasteiger partial charge in [-0.1, -0.05) is 19.1 Å². The molecule has 5 heteroatoms. The number of ether oxygens (including phenoxy) is 3. The summed E-state index contributed by atoms with van der Waals surface area (Å²) in [6.45, 7) is 4.10. The number of esters is 2. The zero-order valence-corrected chi connectivity index (χ0v) is 11.3. The Kier molecular flexibility index (Phi) is 6.02. The number of carbonyl (C=O) groups excluding carboxylic acids is 2. The van der Waals surface area contributed by atoms with Crippen LogP contribution >= 0.6 is 0 Å². The van der Waals surface area contributed by atoms with Gasteiger partial charge in [-0.3, -0.25) is 0 Å². The minimum Gasteiger partial charge on any atom is -0.465 e. The maximum absolute atomic E-state index is 11.9. The Labute approximate surface area is 112 Å². The number of methoxy groups -OCH3 is 1. The van der Waals surface area contributed by atoms with Crippen molar-refractivity contribution in [3.8, 4) is 0 Å². The van der Waals surface area contributed by atoms with Crippen molar-refractivity contribution in [1.82, 2.24) is 0 Å². The lowest BCUT2D eigenvalue weighted by molar-refractivity contribution is -0.0978. The predicted octanol–water partition coefficient (Wildman–Crippen LogP) is 2.40. The first-order chi connectivity index (χ1) is 9.10. The second-order valence-electron chi connectivity index (χ2n) is 3.88. The Morgan fingerprint density at radius 3 is 2.26 bits per heavy atom. The van der Waals surface area contributed by atoms with Crippen LogP contribution < -0.4 is 0 Å². The monoisotopic (exact) mass is 266 g/mol. The Morgan fingerprint density at radius 1 is 1.16 bits per heavy atom. The van der Waals surface area contributed by atoms with Crippen LogP contribution in [0.15, 0.2) is 24.3 Å². The minimum atomic E-state index is -0.654. The molecule has 0 heterocycles. The molecule has 0 aliphatic carbocycles. The third-order valence-corrected chi connectivity index (χ3v) is 2.38. The van der Waals surface area contributed by atoms with E-state index >= 15 is 0 Å². The third kappa shape index (κ3) is 4.37. The SMILES string of the molecule is CCCOC(C)OC(=O)c1ccccc1C(=O)OC. The van der Waals surface area contributed by atoms with E-state index in [1.807, 2.05) is 6.92 Å². The van der Waals surface area contributed by atoms with Gasteiger partial charge in [-0.25, -0.2) is 9.59 Å². The topological polar surface area (TPSA) is 61.8 Å². The molecule has 19 heavy (non-hydrogen) atoms. The van der Waals surface area contributed by atoms with Crippen molar-refractivity contribution in [3.05, 3.63) is 35.4 Å². The number of benzene rings is 1. The van der Waals surface area contributed by atoms with Gasteiger partial charge in [-0.15, -0.1) is 0 Å². The summed E-state index contributed by atoms with van der Waals surface area (Å²) in [4.78, 5) is 23.5. The fourth-order valence-corrected chi connectivity index (χ4v) is 1.48. The molecule has 0 fully saturated rings. The highest BCUT2D eigenvalue weighted by molar-refractivity contribution is 6.03. The maximum atomic E-state index is 11.9. The second-order valence-corrected chi connectivity index (χ2v) is 3.88. The maximum Gasteiger partial charge on any atom is 0.341 e. The quantitative estimate of drug-likeness (QED) is 0.584. The van der Waals surface area contributed by atoms with E-state index in [1.165, 1.54) is 19.2 Å². The highest BCUT2D eigenvalue weighted by atomic mass is 16.7. The molecule has 0 saturated carbocycles. The molecule has 1 unspecified atom stereocenters. The molecule has 104 valence electrons. The molecule has 0 aliphatic heterocycles. The van der Waals surface area contributed by atoms with Gasteiger partial charge in [-0.05, 0) is 25.5 Å². The summed E-state index contributed by atoms with van der Waals surface area (Å²) in [6, 6.07) is 6.34. The first-order valence-electron chi connectivity index (χ1n) is 6.10. The van der Waals surface area contributed by atoms with Crippen LogP contribution in [0.1, 0.15) is 41.0 Å². The second kappa shape index (κ2) is 7.53. The van der Waals surface area contributed by atoms with E-state index in [9.17, 15) is 9.59 Å². The molecule has 1 aromatic carbocycles. The van der Waals surface area contributed by atoms with Gasteiger partial charge in [0.05, 0.1) is 24.8 Å². The number of hydrogen-bond acceptors (Lipinski definition) is 5. The Hall–Kier alpha value is -1.88. The van der Waals surface area contributed by atoms with Crippen LogP contribution in [0.25, 0.3) is 0 Å². The molecule has 0 radical (unpaired) electrons. The van der Waals surface area contributed by atoms with Gasteiger partial charge in [0, 0.05) is 0 Å². The molecule has 1 aromatic rings. The summed E-state index contributed by atoms with van der Waals surface area (Å²) in [6.07, 6.45) is 0.179. The normalized spacial score (nSPS) is 11.7. The Morgan fingerprint density at radius 2 is 1.74 bits per heavy atom. The lowest BCUT2D eigenvalue weighted by Gasteiger charge is -2.14. The van der Waals surface area contributed by atoms with Crippen molar-refractivity contribution in [2.75, 3.05) is 13.7 Å². The molecule has 0 spiro atoms. The van der Waals surface area contributed by atoms with Crippen LogP contribution in [0.3, 0.4) is 0 Å². The van der Waals surface area contributed by atoms with Gasteiger partial charge >= 0.3 is 11.9 Å². The summed E-state index contributed by atoms with van der Waals surface area (Å²) in [5.74, 6) is -1.18. The van der Waals surface area contributed by atoms with E-state index in [-0.39, 0.29) is 11.1 Å². The standard InChI is InChI=1S/C14H18O5/c1-4-9-18-10(2)19-14(16)12-8-6-5-7-11(12)13(15)17-3/h5-8,10H,4,9H2,1-3H3. The van der Waals surface area contributed by atoms with Crippen LogP contribution in [-0.2, 0) is 14.2 Å². The highest BCUT2D eigenvalue weighted by Gasteiger charge is 2.19. The van der Waals surface area contributed by atoms with Crippen LogP contribution in [0.4, 0.5) is 0 Å².